The maximum absolute atomic E-state index is 12.3. The number of ether oxygens (including phenoxy) is 1. The van der Waals surface area contributed by atoms with E-state index in [2.05, 4.69) is 0 Å². The van der Waals surface area contributed by atoms with Gasteiger partial charge in [-0.2, -0.15) is 0 Å². The monoisotopic (exact) mass is 297 g/mol. The molecule has 2 aliphatic carbocycles. The number of unbranched alkanes of at least 4 members (excludes halogenated alkanes) is 1. The molecule has 5 nitrogen and oxygen atoms in total. The molecule has 0 aromatic carbocycles. The number of amides is 1. The fourth-order valence-corrected chi connectivity index (χ4v) is 3.85. The van der Waals surface area contributed by atoms with Crippen molar-refractivity contribution < 1.29 is 19.4 Å². The number of carbonyl (C=O) groups is 2. The van der Waals surface area contributed by atoms with Gasteiger partial charge in [0.2, 0.25) is 5.91 Å². The second-order valence-corrected chi connectivity index (χ2v) is 6.39. The fraction of sp³-hybridized carbons (Fsp3) is 0.875. The Morgan fingerprint density at radius 2 is 1.95 bits per heavy atom. The van der Waals surface area contributed by atoms with Gasteiger partial charge in [-0.05, 0) is 39.0 Å². The fourth-order valence-electron chi connectivity index (χ4n) is 3.85. The van der Waals surface area contributed by atoms with Crippen molar-refractivity contribution in [3.63, 3.8) is 0 Å². The maximum Gasteiger partial charge on any atom is 0.303 e. The molecule has 0 aliphatic heterocycles. The molecule has 1 spiro atoms. The van der Waals surface area contributed by atoms with E-state index in [-0.39, 0.29) is 17.7 Å². The van der Waals surface area contributed by atoms with Gasteiger partial charge in [0.05, 0.1) is 6.10 Å². The topological polar surface area (TPSA) is 66.8 Å². The number of hydrogen-bond acceptors (Lipinski definition) is 3. The second-order valence-electron chi connectivity index (χ2n) is 6.39. The van der Waals surface area contributed by atoms with Gasteiger partial charge in [-0.15, -0.1) is 0 Å². The molecule has 1 N–H and O–H groups in total. The van der Waals surface area contributed by atoms with Crippen molar-refractivity contribution in [2.75, 3.05) is 13.7 Å². The Kier molecular flexibility index (Phi) is 5.25. The first-order valence-electron chi connectivity index (χ1n) is 8.10. The minimum atomic E-state index is -0.789. The first kappa shape index (κ1) is 16.3. The lowest BCUT2D eigenvalue weighted by atomic mass is 9.50. The molecule has 0 bridgehead atoms. The molecule has 120 valence electrons. The largest absolute Gasteiger partial charge is 0.481 e. The van der Waals surface area contributed by atoms with Crippen LogP contribution in [0.1, 0.15) is 58.3 Å². The number of carboxylic acids is 1. The van der Waals surface area contributed by atoms with E-state index >= 15 is 0 Å². The van der Waals surface area contributed by atoms with Gasteiger partial charge >= 0.3 is 5.97 Å². The summed E-state index contributed by atoms with van der Waals surface area (Å²) < 4.78 is 5.82. The summed E-state index contributed by atoms with van der Waals surface area (Å²) >= 11 is 0. The van der Waals surface area contributed by atoms with Crippen molar-refractivity contribution in [2.45, 2.75) is 70.4 Å². The third kappa shape index (κ3) is 3.23. The van der Waals surface area contributed by atoms with Gasteiger partial charge < -0.3 is 14.7 Å². The molecular weight excluding hydrogens is 270 g/mol. The van der Waals surface area contributed by atoms with E-state index in [0.29, 0.717) is 31.4 Å². The number of hydrogen-bond donors (Lipinski definition) is 1. The van der Waals surface area contributed by atoms with Crippen LogP contribution in [0.25, 0.3) is 0 Å². The Balaban J connectivity index is 1.79. The summed E-state index contributed by atoms with van der Waals surface area (Å²) in [5, 5.41) is 8.60. The van der Waals surface area contributed by atoms with Crippen LogP contribution in [0.4, 0.5) is 0 Å². The van der Waals surface area contributed by atoms with Gasteiger partial charge in [-0.1, -0.05) is 6.42 Å². The average molecular weight is 297 g/mol. The lowest BCUT2D eigenvalue weighted by Gasteiger charge is -2.63. The van der Waals surface area contributed by atoms with Crippen LogP contribution >= 0.6 is 0 Å². The third-order valence-electron chi connectivity index (χ3n) is 5.29. The van der Waals surface area contributed by atoms with E-state index < -0.39 is 5.97 Å². The molecule has 2 unspecified atom stereocenters. The van der Waals surface area contributed by atoms with Crippen molar-refractivity contribution in [1.29, 1.82) is 0 Å². The Hall–Kier alpha value is -1.10. The highest BCUT2D eigenvalue weighted by Crippen LogP contribution is 2.58. The third-order valence-corrected chi connectivity index (χ3v) is 5.29. The van der Waals surface area contributed by atoms with E-state index in [4.69, 9.17) is 9.84 Å². The SMILES string of the molecule is CCOC1CC(N(C)C(=O)CCCCC(=O)O)C12CCC2. The summed E-state index contributed by atoms with van der Waals surface area (Å²) in [6.07, 6.45) is 6.68. The molecule has 0 heterocycles. The molecule has 5 heteroatoms. The maximum atomic E-state index is 12.3. The van der Waals surface area contributed by atoms with E-state index in [9.17, 15) is 9.59 Å². The van der Waals surface area contributed by atoms with Crippen molar-refractivity contribution in [3.05, 3.63) is 0 Å². The summed E-state index contributed by atoms with van der Waals surface area (Å²) in [7, 11) is 1.90. The smallest absolute Gasteiger partial charge is 0.303 e. The first-order valence-corrected chi connectivity index (χ1v) is 8.10. The molecule has 2 saturated carbocycles. The molecule has 2 fully saturated rings. The highest BCUT2D eigenvalue weighted by molar-refractivity contribution is 5.76. The van der Waals surface area contributed by atoms with Crippen molar-refractivity contribution in [1.82, 2.24) is 4.90 Å². The average Bonchev–Trinajstić information content (AvgIpc) is 2.36. The normalized spacial score (nSPS) is 26.0. The van der Waals surface area contributed by atoms with Crippen LogP contribution in [0.15, 0.2) is 0 Å². The minimum Gasteiger partial charge on any atom is -0.481 e. The zero-order chi connectivity index (χ0) is 15.5. The molecule has 0 radical (unpaired) electrons. The van der Waals surface area contributed by atoms with Crippen molar-refractivity contribution in [2.24, 2.45) is 5.41 Å². The van der Waals surface area contributed by atoms with E-state index in [0.717, 1.165) is 13.0 Å². The molecule has 2 aliphatic rings. The molecule has 0 aromatic heterocycles. The van der Waals surface area contributed by atoms with Crippen LogP contribution in [0.2, 0.25) is 0 Å². The predicted octanol–water partition coefficient (Wildman–Crippen LogP) is 2.44. The number of carbonyl (C=O) groups excluding carboxylic acids is 1. The summed E-state index contributed by atoms with van der Waals surface area (Å²) in [6.45, 7) is 2.77. The standard InChI is InChI=1S/C16H27NO4/c1-3-21-13-11-12(16(13)9-6-10-16)17(2)14(18)7-4-5-8-15(19)20/h12-13H,3-11H2,1-2H3,(H,19,20). The summed E-state index contributed by atoms with van der Waals surface area (Å²) in [6, 6.07) is 0.315. The first-order chi connectivity index (χ1) is 10.0. The Bertz CT molecular complexity index is 392. The highest BCUT2D eigenvalue weighted by Gasteiger charge is 2.60. The van der Waals surface area contributed by atoms with Crippen LogP contribution in [-0.4, -0.2) is 47.7 Å². The molecular formula is C16H27NO4. The van der Waals surface area contributed by atoms with Crippen LogP contribution in [-0.2, 0) is 14.3 Å². The second kappa shape index (κ2) is 6.77. The summed E-state index contributed by atoms with van der Waals surface area (Å²) in [5.41, 5.74) is 0.210. The van der Waals surface area contributed by atoms with Gasteiger partial charge in [0.25, 0.3) is 0 Å². The molecule has 2 atom stereocenters. The van der Waals surface area contributed by atoms with Gasteiger partial charge in [0.15, 0.2) is 0 Å². The summed E-state index contributed by atoms with van der Waals surface area (Å²) in [4.78, 5) is 24.6. The Morgan fingerprint density at radius 3 is 2.48 bits per heavy atom. The summed E-state index contributed by atoms with van der Waals surface area (Å²) in [5.74, 6) is -0.644. The number of carboxylic acid groups (broad SMARTS) is 1. The van der Waals surface area contributed by atoms with Crippen LogP contribution in [0.3, 0.4) is 0 Å². The lowest BCUT2D eigenvalue weighted by molar-refractivity contribution is -0.202. The van der Waals surface area contributed by atoms with Crippen LogP contribution < -0.4 is 0 Å². The van der Waals surface area contributed by atoms with E-state index in [1.165, 1.54) is 19.3 Å². The van der Waals surface area contributed by atoms with E-state index in [1.54, 1.807) is 0 Å². The van der Waals surface area contributed by atoms with Crippen molar-refractivity contribution >= 4 is 11.9 Å². The van der Waals surface area contributed by atoms with Gasteiger partial charge in [0.1, 0.15) is 0 Å². The quantitative estimate of drug-likeness (QED) is 0.699. The zero-order valence-electron chi connectivity index (χ0n) is 13.1. The van der Waals surface area contributed by atoms with Gasteiger partial charge in [0, 0.05) is 38.0 Å². The Labute approximate surface area is 126 Å². The van der Waals surface area contributed by atoms with Gasteiger partial charge in [-0.3, -0.25) is 9.59 Å². The number of rotatable bonds is 8. The molecule has 21 heavy (non-hydrogen) atoms. The number of nitrogens with zero attached hydrogens (tertiary/aromatic N) is 1. The molecule has 0 aromatic rings. The van der Waals surface area contributed by atoms with Gasteiger partial charge in [-0.25, -0.2) is 0 Å². The zero-order valence-corrected chi connectivity index (χ0v) is 13.1. The van der Waals surface area contributed by atoms with Crippen LogP contribution in [0, 0.1) is 5.41 Å². The lowest BCUT2D eigenvalue weighted by Crippen LogP contribution is -2.67. The van der Waals surface area contributed by atoms with Crippen LogP contribution in [0.5, 0.6) is 0 Å². The minimum absolute atomic E-state index is 0.145. The Morgan fingerprint density at radius 1 is 1.29 bits per heavy atom. The molecule has 2 rings (SSSR count). The van der Waals surface area contributed by atoms with E-state index in [1.807, 2.05) is 18.9 Å². The molecule has 0 saturated heterocycles. The van der Waals surface area contributed by atoms with Crippen molar-refractivity contribution in [3.8, 4) is 0 Å². The highest BCUT2D eigenvalue weighted by atomic mass is 16.5. The number of aliphatic carboxylic acids is 1. The molecule has 1 amide bonds. The predicted molar refractivity (Wildman–Crippen MR) is 79.0 cm³/mol.